The van der Waals surface area contributed by atoms with E-state index in [0.29, 0.717) is 16.8 Å². The van der Waals surface area contributed by atoms with Crippen molar-refractivity contribution >= 4 is 16.9 Å². The van der Waals surface area contributed by atoms with Crippen LogP contribution in [0.15, 0.2) is 34.7 Å². The van der Waals surface area contributed by atoms with Crippen LogP contribution >= 0.6 is 0 Å². The third-order valence-electron chi connectivity index (χ3n) is 2.56. The fraction of sp³-hybridized carbons (Fsp3) is 0. The van der Waals surface area contributed by atoms with Crippen molar-refractivity contribution in [1.82, 2.24) is 10.2 Å². The normalized spacial score (nSPS) is 10.9. The lowest BCUT2D eigenvalue weighted by Crippen LogP contribution is -1.95. The van der Waals surface area contributed by atoms with Crippen LogP contribution in [0.1, 0.15) is 10.5 Å². The van der Waals surface area contributed by atoms with Gasteiger partial charge in [-0.3, -0.25) is 5.10 Å². The van der Waals surface area contributed by atoms with Crippen molar-refractivity contribution < 1.29 is 18.7 Å². The molecule has 0 aliphatic carbocycles. The largest absolute Gasteiger partial charge is 0.476 e. The third-order valence-corrected chi connectivity index (χ3v) is 2.56. The number of carbonyl (C=O) groups is 1. The molecule has 5 nitrogen and oxygen atoms in total. The van der Waals surface area contributed by atoms with Crippen molar-refractivity contribution in [2.75, 3.05) is 0 Å². The minimum Gasteiger partial charge on any atom is -0.476 e. The summed E-state index contributed by atoms with van der Waals surface area (Å²) in [5.74, 6) is -1.26. The number of aromatic amines is 1. The van der Waals surface area contributed by atoms with Crippen LogP contribution in [-0.4, -0.2) is 21.3 Å². The first-order valence-corrected chi connectivity index (χ1v) is 5.12. The number of aromatic nitrogens is 2. The molecule has 18 heavy (non-hydrogen) atoms. The highest BCUT2D eigenvalue weighted by molar-refractivity contribution is 5.87. The molecule has 0 atom stereocenters. The Balaban J connectivity index is 2.13. The minimum atomic E-state index is -1.14. The molecular weight excluding hydrogens is 239 g/mol. The van der Waals surface area contributed by atoms with Crippen molar-refractivity contribution in [1.29, 1.82) is 0 Å². The van der Waals surface area contributed by atoms with Gasteiger partial charge < -0.3 is 9.52 Å². The topological polar surface area (TPSA) is 79.1 Å². The van der Waals surface area contributed by atoms with Crippen molar-refractivity contribution in [2.24, 2.45) is 0 Å². The van der Waals surface area contributed by atoms with Crippen molar-refractivity contribution in [3.63, 3.8) is 0 Å². The SMILES string of the molecule is O=C(O)c1cc(-c2cc3cccc(F)c3o2)[nH]n1. The molecular formula is C12H7FN2O3. The van der Waals surface area contributed by atoms with Gasteiger partial charge in [0, 0.05) is 11.5 Å². The number of carboxylic acids is 1. The first kappa shape index (κ1) is 10.5. The molecule has 0 unspecified atom stereocenters. The first-order valence-electron chi connectivity index (χ1n) is 5.12. The third kappa shape index (κ3) is 1.55. The average Bonchev–Trinajstić information content (AvgIpc) is 2.95. The van der Waals surface area contributed by atoms with Crippen molar-refractivity contribution in [3.05, 3.63) is 41.8 Å². The summed E-state index contributed by atoms with van der Waals surface area (Å²) in [6.45, 7) is 0. The summed E-state index contributed by atoms with van der Waals surface area (Å²) in [6, 6.07) is 7.53. The fourth-order valence-corrected chi connectivity index (χ4v) is 1.72. The van der Waals surface area contributed by atoms with E-state index >= 15 is 0 Å². The van der Waals surface area contributed by atoms with Crippen LogP contribution in [0.25, 0.3) is 22.4 Å². The van der Waals surface area contributed by atoms with E-state index in [1.807, 2.05) is 0 Å². The highest BCUT2D eigenvalue weighted by Gasteiger charge is 2.14. The van der Waals surface area contributed by atoms with E-state index in [9.17, 15) is 9.18 Å². The lowest BCUT2D eigenvalue weighted by molar-refractivity contribution is 0.0690. The number of rotatable bonds is 2. The second kappa shape index (κ2) is 3.69. The molecule has 0 aliphatic heterocycles. The smallest absolute Gasteiger partial charge is 0.356 e. The molecule has 1 aromatic carbocycles. The molecule has 2 heterocycles. The molecule has 0 fully saturated rings. The van der Waals surface area contributed by atoms with Crippen LogP contribution in [0.5, 0.6) is 0 Å². The Bertz CT molecular complexity index is 745. The molecule has 0 spiro atoms. The Morgan fingerprint density at radius 2 is 2.22 bits per heavy atom. The number of nitrogens with zero attached hydrogens (tertiary/aromatic N) is 1. The lowest BCUT2D eigenvalue weighted by atomic mass is 10.2. The molecule has 90 valence electrons. The summed E-state index contributed by atoms with van der Waals surface area (Å²) in [7, 11) is 0. The van der Waals surface area contributed by atoms with Crippen molar-refractivity contribution in [3.8, 4) is 11.5 Å². The predicted octanol–water partition coefficient (Wildman–Crippen LogP) is 2.66. The van der Waals surface area contributed by atoms with Crippen LogP contribution in [0.3, 0.4) is 0 Å². The van der Waals surface area contributed by atoms with Gasteiger partial charge in [0.2, 0.25) is 0 Å². The van der Waals surface area contributed by atoms with Gasteiger partial charge in [0.1, 0.15) is 5.69 Å². The maximum absolute atomic E-state index is 13.4. The number of hydrogen-bond donors (Lipinski definition) is 2. The zero-order chi connectivity index (χ0) is 12.7. The van der Waals surface area contributed by atoms with Crippen LogP contribution in [0, 0.1) is 5.82 Å². The van der Waals surface area contributed by atoms with Gasteiger partial charge in [-0.1, -0.05) is 12.1 Å². The zero-order valence-electron chi connectivity index (χ0n) is 8.98. The second-order valence-electron chi connectivity index (χ2n) is 3.74. The first-order chi connectivity index (χ1) is 8.65. The number of aromatic carboxylic acids is 1. The van der Waals surface area contributed by atoms with E-state index in [4.69, 9.17) is 9.52 Å². The Kier molecular flexibility index (Phi) is 2.16. The summed E-state index contributed by atoms with van der Waals surface area (Å²) in [5, 5.41) is 15.5. The Labute approximate surface area is 99.8 Å². The maximum Gasteiger partial charge on any atom is 0.356 e. The average molecular weight is 246 g/mol. The van der Waals surface area contributed by atoms with E-state index in [0.717, 1.165) is 0 Å². The molecule has 0 saturated heterocycles. The molecule has 0 amide bonds. The number of nitrogens with one attached hydrogen (secondary N) is 1. The molecule has 2 aromatic heterocycles. The molecule has 2 N–H and O–H groups in total. The number of para-hydroxylation sites is 1. The predicted molar refractivity (Wildman–Crippen MR) is 60.7 cm³/mol. The van der Waals surface area contributed by atoms with Gasteiger partial charge >= 0.3 is 5.97 Å². The molecule has 3 aromatic rings. The van der Waals surface area contributed by atoms with Crippen LogP contribution in [0.2, 0.25) is 0 Å². The van der Waals surface area contributed by atoms with Crippen LogP contribution in [0.4, 0.5) is 4.39 Å². The fourth-order valence-electron chi connectivity index (χ4n) is 1.72. The number of fused-ring (bicyclic) bond motifs is 1. The van der Waals surface area contributed by atoms with Gasteiger partial charge in [0.05, 0.1) is 0 Å². The van der Waals surface area contributed by atoms with Crippen LogP contribution < -0.4 is 0 Å². The highest BCUT2D eigenvalue weighted by Crippen LogP contribution is 2.28. The van der Waals surface area contributed by atoms with E-state index in [1.165, 1.54) is 12.1 Å². The standard InChI is InChI=1S/C12H7FN2O3/c13-7-3-1-2-6-4-10(18-11(6)7)8-5-9(12(16)17)15-14-8/h1-5H,(H,14,15)(H,16,17). The Hall–Kier alpha value is -2.63. The minimum absolute atomic E-state index is 0.120. The molecule has 3 rings (SSSR count). The van der Waals surface area contributed by atoms with E-state index in [1.54, 1.807) is 18.2 Å². The van der Waals surface area contributed by atoms with Crippen LogP contribution in [-0.2, 0) is 0 Å². The zero-order valence-corrected chi connectivity index (χ0v) is 8.98. The number of furan rings is 1. The van der Waals surface area contributed by atoms with Crippen molar-refractivity contribution in [2.45, 2.75) is 0 Å². The quantitative estimate of drug-likeness (QED) is 0.728. The number of benzene rings is 1. The monoisotopic (exact) mass is 246 g/mol. The summed E-state index contributed by atoms with van der Waals surface area (Å²) in [4.78, 5) is 10.7. The Morgan fingerprint density at radius 1 is 1.39 bits per heavy atom. The van der Waals surface area contributed by atoms with Gasteiger partial charge in [-0.05, 0) is 12.1 Å². The molecule has 0 bridgehead atoms. The summed E-state index contributed by atoms with van der Waals surface area (Å²) in [6.07, 6.45) is 0. The second-order valence-corrected chi connectivity index (χ2v) is 3.74. The number of halogens is 1. The number of hydrogen-bond acceptors (Lipinski definition) is 3. The van der Waals surface area contributed by atoms with E-state index in [2.05, 4.69) is 10.2 Å². The maximum atomic E-state index is 13.4. The van der Waals surface area contributed by atoms with E-state index in [-0.39, 0.29) is 11.3 Å². The van der Waals surface area contributed by atoms with Gasteiger partial charge in [0.15, 0.2) is 22.9 Å². The number of H-pyrrole nitrogens is 1. The Morgan fingerprint density at radius 3 is 2.89 bits per heavy atom. The van der Waals surface area contributed by atoms with Gasteiger partial charge in [0.25, 0.3) is 0 Å². The summed E-state index contributed by atoms with van der Waals surface area (Å²) < 4.78 is 18.8. The van der Waals surface area contributed by atoms with E-state index < -0.39 is 11.8 Å². The van der Waals surface area contributed by atoms with Gasteiger partial charge in [-0.15, -0.1) is 0 Å². The lowest BCUT2D eigenvalue weighted by Gasteiger charge is -1.89. The van der Waals surface area contributed by atoms with Gasteiger partial charge in [-0.2, -0.15) is 5.10 Å². The molecule has 0 aliphatic rings. The molecule has 0 saturated carbocycles. The summed E-state index contributed by atoms with van der Waals surface area (Å²) >= 11 is 0. The summed E-state index contributed by atoms with van der Waals surface area (Å²) in [5.41, 5.74) is 0.410. The van der Waals surface area contributed by atoms with Gasteiger partial charge in [-0.25, -0.2) is 9.18 Å². The highest BCUT2D eigenvalue weighted by atomic mass is 19.1. The number of carboxylic acid groups (broad SMARTS) is 1. The molecule has 6 heteroatoms. The molecule has 0 radical (unpaired) electrons.